The normalized spacial score (nSPS) is 14.8. The lowest BCUT2D eigenvalue weighted by Crippen LogP contribution is -2.38. The van der Waals surface area contributed by atoms with E-state index < -0.39 is 5.41 Å². The van der Waals surface area contributed by atoms with E-state index in [1.165, 1.54) is 12.1 Å². The third-order valence-corrected chi connectivity index (χ3v) is 5.81. The van der Waals surface area contributed by atoms with Crippen molar-refractivity contribution in [3.8, 4) is 11.5 Å². The van der Waals surface area contributed by atoms with Crippen molar-refractivity contribution in [1.29, 1.82) is 0 Å². The van der Waals surface area contributed by atoms with Gasteiger partial charge in [0.25, 0.3) is 0 Å². The van der Waals surface area contributed by atoms with E-state index in [4.69, 9.17) is 9.47 Å². The SMILES string of the molecule is COc1ccc(NC(=O)C2(c3cccc(F)c3)CCCC2)cc1OCc1cccnc1. The third kappa shape index (κ3) is 4.53. The summed E-state index contributed by atoms with van der Waals surface area (Å²) in [5.74, 6) is 0.643. The second-order valence-electron chi connectivity index (χ2n) is 7.77. The minimum atomic E-state index is -0.723. The summed E-state index contributed by atoms with van der Waals surface area (Å²) in [5.41, 5.74) is 1.53. The number of halogens is 1. The second kappa shape index (κ2) is 9.16. The Balaban J connectivity index is 1.55. The number of carbonyl (C=O) groups excluding carboxylic acids is 1. The van der Waals surface area contributed by atoms with Crippen LogP contribution < -0.4 is 14.8 Å². The fourth-order valence-corrected chi connectivity index (χ4v) is 4.17. The molecule has 3 aromatic rings. The highest BCUT2D eigenvalue weighted by Gasteiger charge is 2.42. The zero-order valence-corrected chi connectivity index (χ0v) is 17.4. The van der Waals surface area contributed by atoms with Gasteiger partial charge in [0.15, 0.2) is 11.5 Å². The number of hydrogen-bond acceptors (Lipinski definition) is 4. The van der Waals surface area contributed by atoms with Crippen LogP contribution in [0.2, 0.25) is 0 Å². The van der Waals surface area contributed by atoms with Crippen molar-refractivity contribution in [2.24, 2.45) is 0 Å². The topological polar surface area (TPSA) is 60.5 Å². The average Bonchev–Trinajstić information content (AvgIpc) is 3.30. The molecule has 0 aliphatic heterocycles. The molecule has 160 valence electrons. The Morgan fingerprint density at radius 3 is 2.65 bits per heavy atom. The Bertz CT molecular complexity index is 1050. The van der Waals surface area contributed by atoms with Crippen molar-refractivity contribution in [3.05, 3.63) is 83.9 Å². The van der Waals surface area contributed by atoms with Gasteiger partial charge >= 0.3 is 0 Å². The molecule has 0 radical (unpaired) electrons. The maximum Gasteiger partial charge on any atom is 0.235 e. The van der Waals surface area contributed by atoms with Crippen LogP contribution >= 0.6 is 0 Å². The number of rotatable bonds is 7. The molecule has 1 aromatic heterocycles. The summed E-state index contributed by atoms with van der Waals surface area (Å²) in [4.78, 5) is 17.5. The van der Waals surface area contributed by atoms with E-state index in [1.54, 1.807) is 43.8 Å². The van der Waals surface area contributed by atoms with Crippen LogP contribution in [0, 0.1) is 5.82 Å². The number of ether oxygens (including phenoxy) is 2. The zero-order chi connectivity index (χ0) is 21.7. The summed E-state index contributed by atoms with van der Waals surface area (Å²) in [6.07, 6.45) is 6.71. The summed E-state index contributed by atoms with van der Waals surface area (Å²) in [6.45, 7) is 0.328. The minimum absolute atomic E-state index is 0.126. The van der Waals surface area contributed by atoms with Crippen molar-refractivity contribution < 1.29 is 18.7 Å². The van der Waals surface area contributed by atoms with Crippen LogP contribution in [-0.4, -0.2) is 18.0 Å². The maximum atomic E-state index is 13.9. The van der Waals surface area contributed by atoms with Gasteiger partial charge in [0.2, 0.25) is 5.91 Å². The molecule has 0 bridgehead atoms. The van der Waals surface area contributed by atoms with E-state index in [2.05, 4.69) is 10.3 Å². The first-order chi connectivity index (χ1) is 15.1. The van der Waals surface area contributed by atoms with Crippen LogP contribution in [-0.2, 0) is 16.8 Å². The van der Waals surface area contributed by atoms with Crippen LogP contribution in [0.4, 0.5) is 10.1 Å². The van der Waals surface area contributed by atoms with E-state index in [1.807, 2.05) is 18.2 Å². The summed E-state index contributed by atoms with van der Waals surface area (Å²) in [7, 11) is 1.57. The Hall–Kier alpha value is -3.41. The van der Waals surface area contributed by atoms with Gasteiger partial charge in [-0.25, -0.2) is 4.39 Å². The van der Waals surface area contributed by atoms with E-state index in [9.17, 15) is 9.18 Å². The molecule has 1 heterocycles. The van der Waals surface area contributed by atoms with Gasteiger partial charge in [0.1, 0.15) is 12.4 Å². The molecule has 1 saturated carbocycles. The summed E-state index contributed by atoms with van der Waals surface area (Å²) in [5, 5.41) is 3.02. The van der Waals surface area contributed by atoms with Gasteiger partial charge in [0.05, 0.1) is 12.5 Å². The molecule has 0 unspecified atom stereocenters. The van der Waals surface area contributed by atoms with Crippen molar-refractivity contribution in [3.63, 3.8) is 0 Å². The standard InChI is InChI=1S/C25H25FN2O3/c1-30-22-10-9-21(15-23(22)31-17-18-6-5-13-27-16-18)28-24(29)25(11-2-3-12-25)19-7-4-8-20(26)14-19/h4-10,13-16H,2-3,11-12,17H2,1H3,(H,28,29). The van der Waals surface area contributed by atoms with Gasteiger partial charge < -0.3 is 14.8 Å². The van der Waals surface area contributed by atoms with E-state index in [0.29, 0.717) is 36.6 Å². The van der Waals surface area contributed by atoms with E-state index in [0.717, 1.165) is 24.0 Å². The molecule has 0 atom stereocenters. The largest absolute Gasteiger partial charge is 0.493 e. The van der Waals surface area contributed by atoms with E-state index >= 15 is 0 Å². The first kappa shape index (κ1) is 20.8. The molecular weight excluding hydrogens is 395 g/mol. The fraction of sp³-hybridized carbons (Fsp3) is 0.280. The molecule has 2 aromatic carbocycles. The van der Waals surface area contributed by atoms with Gasteiger partial charge in [-0.15, -0.1) is 0 Å². The summed E-state index contributed by atoms with van der Waals surface area (Å²) < 4.78 is 25.2. The molecule has 6 heteroatoms. The van der Waals surface area contributed by atoms with Crippen LogP contribution in [0.25, 0.3) is 0 Å². The Morgan fingerprint density at radius 1 is 1.10 bits per heavy atom. The second-order valence-corrected chi connectivity index (χ2v) is 7.77. The number of methoxy groups -OCH3 is 1. The molecule has 1 aliphatic carbocycles. The molecule has 0 spiro atoms. The summed E-state index contributed by atoms with van der Waals surface area (Å²) in [6, 6.07) is 15.4. The number of hydrogen-bond donors (Lipinski definition) is 1. The molecule has 1 amide bonds. The lowest BCUT2D eigenvalue weighted by atomic mass is 9.78. The van der Waals surface area contributed by atoms with Crippen LogP contribution in [0.1, 0.15) is 36.8 Å². The highest BCUT2D eigenvalue weighted by molar-refractivity contribution is 5.99. The maximum absolute atomic E-state index is 13.9. The Labute approximate surface area is 181 Å². The van der Waals surface area contributed by atoms with E-state index in [-0.39, 0.29) is 11.7 Å². The molecule has 1 fully saturated rings. The van der Waals surface area contributed by atoms with Gasteiger partial charge in [-0.2, -0.15) is 0 Å². The van der Waals surface area contributed by atoms with Gasteiger partial charge in [-0.3, -0.25) is 9.78 Å². The number of nitrogens with one attached hydrogen (secondary N) is 1. The van der Waals surface area contributed by atoms with Crippen LogP contribution in [0.3, 0.4) is 0 Å². The number of nitrogens with zero attached hydrogens (tertiary/aromatic N) is 1. The number of carbonyl (C=O) groups is 1. The van der Waals surface area contributed by atoms with Gasteiger partial charge in [-0.1, -0.05) is 31.0 Å². The lowest BCUT2D eigenvalue weighted by molar-refractivity contribution is -0.121. The van der Waals surface area contributed by atoms with Gasteiger partial charge in [0, 0.05) is 29.7 Å². The van der Waals surface area contributed by atoms with Gasteiger partial charge in [-0.05, 0) is 48.7 Å². The first-order valence-electron chi connectivity index (χ1n) is 10.4. The average molecular weight is 420 g/mol. The van der Waals surface area contributed by atoms with Crippen molar-refractivity contribution in [2.75, 3.05) is 12.4 Å². The predicted octanol–water partition coefficient (Wildman–Crippen LogP) is 5.26. The van der Waals surface area contributed by atoms with Crippen molar-refractivity contribution >= 4 is 11.6 Å². The van der Waals surface area contributed by atoms with Crippen molar-refractivity contribution in [1.82, 2.24) is 4.98 Å². The smallest absolute Gasteiger partial charge is 0.235 e. The number of amides is 1. The molecular formula is C25H25FN2O3. The lowest BCUT2D eigenvalue weighted by Gasteiger charge is -2.28. The number of anilines is 1. The Kier molecular flexibility index (Phi) is 6.16. The molecule has 1 N–H and O–H groups in total. The zero-order valence-electron chi connectivity index (χ0n) is 17.4. The van der Waals surface area contributed by atoms with Crippen LogP contribution in [0.15, 0.2) is 67.0 Å². The Morgan fingerprint density at radius 2 is 1.94 bits per heavy atom. The number of aromatic nitrogens is 1. The highest BCUT2D eigenvalue weighted by Crippen LogP contribution is 2.42. The molecule has 31 heavy (non-hydrogen) atoms. The number of benzene rings is 2. The quantitative estimate of drug-likeness (QED) is 0.566. The monoisotopic (exact) mass is 420 g/mol. The predicted molar refractivity (Wildman–Crippen MR) is 117 cm³/mol. The number of pyridine rings is 1. The third-order valence-electron chi connectivity index (χ3n) is 5.81. The summed E-state index contributed by atoms with van der Waals surface area (Å²) >= 11 is 0. The molecule has 4 rings (SSSR count). The van der Waals surface area contributed by atoms with Crippen molar-refractivity contribution in [2.45, 2.75) is 37.7 Å². The molecule has 5 nitrogen and oxygen atoms in total. The minimum Gasteiger partial charge on any atom is -0.493 e. The van der Waals surface area contributed by atoms with Crippen LogP contribution in [0.5, 0.6) is 11.5 Å². The first-order valence-corrected chi connectivity index (χ1v) is 10.4. The molecule has 1 aliphatic rings. The molecule has 0 saturated heterocycles. The fourth-order valence-electron chi connectivity index (χ4n) is 4.17. The highest BCUT2D eigenvalue weighted by atomic mass is 19.1.